The zero-order chi connectivity index (χ0) is 15.6. The molecule has 1 fully saturated rings. The molecule has 0 amide bonds. The maximum Gasteiger partial charge on any atom is 0.356 e. The summed E-state index contributed by atoms with van der Waals surface area (Å²) < 4.78 is 5.45. The van der Waals surface area contributed by atoms with E-state index in [4.69, 9.17) is 4.74 Å². The van der Waals surface area contributed by atoms with Crippen LogP contribution >= 0.6 is 0 Å². The number of nitrogens with one attached hydrogen (secondary N) is 2. The largest absolute Gasteiger partial charge is 0.461 e. The van der Waals surface area contributed by atoms with Crippen molar-refractivity contribution in [2.75, 3.05) is 19.7 Å². The second-order valence-electron chi connectivity index (χ2n) is 6.10. The van der Waals surface area contributed by atoms with Gasteiger partial charge >= 0.3 is 5.97 Å². The van der Waals surface area contributed by atoms with Gasteiger partial charge in [-0.05, 0) is 31.5 Å². The van der Waals surface area contributed by atoms with Crippen molar-refractivity contribution in [3.63, 3.8) is 0 Å². The standard InChI is InChI=1S/C18H19N3O2/c22-18(23-11-12-4-3-7-19-9-12)16-8-14-13-5-1-2-6-15(13)21-17(14)10-20-16/h1-2,5-6,8,10,12,19,21H,3-4,7,9,11H2/t12-/m1/s1. The number of H-pyrrole nitrogens is 1. The average Bonchev–Trinajstić information content (AvgIpc) is 2.98. The molecule has 0 spiro atoms. The molecule has 3 aromatic rings. The van der Waals surface area contributed by atoms with Crippen LogP contribution in [-0.2, 0) is 4.74 Å². The smallest absolute Gasteiger partial charge is 0.356 e. The minimum absolute atomic E-state index is 0.345. The van der Waals surface area contributed by atoms with Crippen LogP contribution in [-0.4, -0.2) is 35.6 Å². The van der Waals surface area contributed by atoms with Crippen LogP contribution in [0.1, 0.15) is 23.3 Å². The van der Waals surface area contributed by atoms with Crippen LogP contribution in [0.3, 0.4) is 0 Å². The third-order valence-corrected chi connectivity index (χ3v) is 4.45. The van der Waals surface area contributed by atoms with Crippen LogP contribution in [0.25, 0.3) is 21.8 Å². The third-order valence-electron chi connectivity index (χ3n) is 4.45. The second kappa shape index (κ2) is 6.01. The molecular weight excluding hydrogens is 290 g/mol. The van der Waals surface area contributed by atoms with Crippen molar-refractivity contribution >= 4 is 27.8 Å². The summed E-state index contributed by atoms with van der Waals surface area (Å²) in [7, 11) is 0. The Balaban J connectivity index is 1.55. The molecule has 1 aliphatic rings. The molecular formula is C18H19N3O2. The Morgan fingerprint density at radius 2 is 2.17 bits per heavy atom. The number of hydrogen-bond acceptors (Lipinski definition) is 4. The number of benzene rings is 1. The number of para-hydroxylation sites is 1. The molecule has 118 valence electrons. The zero-order valence-electron chi connectivity index (χ0n) is 12.8. The SMILES string of the molecule is O=C(OC[C@@H]1CCCNC1)c1cc2c(cn1)[nH]c1ccccc12. The van der Waals surface area contributed by atoms with Crippen LogP contribution < -0.4 is 5.32 Å². The molecule has 5 heteroatoms. The van der Waals surface area contributed by atoms with Crippen LogP contribution in [0.4, 0.5) is 0 Å². The number of nitrogens with zero attached hydrogens (tertiary/aromatic N) is 1. The molecule has 23 heavy (non-hydrogen) atoms. The van der Waals surface area contributed by atoms with Gasteiger partial charge in [-0.3, -0.25) is 0 Å². The van der Waals surface area contributed by atoms with Gasteiger partial charge in [0.1, 0.15) is 5.69 Å². The summed E-state index contributed by atoms with van der Waals surface area (Å²) in [6, 6.07) is 9.85. The van der Waals surface area contributed by atoms with Crippen molar-refractivity contribution < 1.29 is 9.53 Å². The number of aromatic amines is 1. The number of piperidine rings is 1. The van der Waals surface area contributed by atoms with Crippen molar-refractivity contribution in [2.24, 2.45) is 5.92 Å². The fourth-order valence-electron chi connectivity index (χ4n) is 3.20. The highest BCUT2D eigenvalue weighted by Crippen LogP contribution is 2.25. The van der Waals surface area contributed by atoms with Gasteiger partial charge in [-0.25, -0.2) is 9.78 Å². The lowest BCUT2D eigenvalue weighted by Crippen LogP contribution is -2.32. The van der Waals surface area contributed by atoms with Crippen molar-refractivity contribution in [1.82, 2.24) is 15.3 Å². The Kier molecular flexibility index (Phi) is 3.71. The minimum Gasteiger partial charge on any atom is -0.461 e. The number of carbonyl (C=O) groups is 1. The molecule has 2 N–H and O–H groups in total. The number of carbonyl (C=O) groups excluding carboxylic acids is 1. The number of esters is 1. The van der Waals surface area contributed by atoms with E-state index in [0.29, 0.717) is 18.2 Å². The van der Waals surface area contributed by atoms with Gasteiger partial charge < -0.3 is 15.0 Å². The molecule has 1 atom stereocenters. The topological polar surface area (TPSA) is 67.0 Å². The third kappa shape index (κ3) is 2.80. The van der Waals surface area contributed by atoms with Gasteiger partial charge in [0.2, 0.25) is 0 Å². The van der Waals surface area contributed by atoms with Gasteiger partial charge in [-0.15, -0.1) is 0 Å². The van der Waals surface area contributed by atoms with Gasteiger partial charge in [0, 0.05) is 28.8 Å². The Bertz CT molecular complexity index is 850. The van der Waals surface area contributed by atoms with Crippen molar-refractivity contribution in [3.8, 4) is 0 Å². The van der Waals surface area contributed by atoms with Crippen LogP contribution in [0, 0.1) is 5.92 Å². The predicted molar refractivity (Wildman–Crippen MR) is 89.5 cm³/mol. The quantitative estimate of drug-likeness (QED) is 0.730. The predicted octanol–water partition coefficient (Wildman–Crippen LogP) is 2.87. The summed E-state index contributed by atoms with van der Waals surface area (Å²) in [5.41, 5.74) is 2.34. The molecule has 4 rings (SSSR count). The monoisotopic (exact) mass is 309 g/mol. The molecule has 0 bridgehead atoms. The molecule has 2 aromatic heterocycles. The van der Waals surface area contributed by atoms with Crippen LogP contribution in [0.2, 0.25) is 0 Å². The van der Waals surface area contributed by atoms with Gasteiger partial charge in [0.05, 0.1) is 18.3 Å². The minimum atomic E-state index is -0.345. The molecule has 0 aliphatic carbocycles. The Hall–Kier alpha value is -2.40. The molecule has 0 saturated carbocycles. The zero-order valence-corrected chi connectivity index (χ0v) is 12.8. The molecule has 1 aromatic carbocycles. The van der Waals surface area contributed by atoms with Crippen molar-refractivity contribution in [3.05, 3.63) is 42.2 Å². The summed E-state index contributed by atoms with van der Waals surface area (Å²) in [4.78, 5) is 19.8. The van der Waals surface area contributed by atoms with E-state index in [2.05, 4.69) is 15.3 Å². The first kappa shape index (κ1) is 14.2. The number of aromatic nitrogens is 2. The maximum atomic E-state index is 12.3. The summed E-state index contributed by atoms with van der Waals surface area (Å²) in [6.07, 6.45) is 3.95. The van der Waals surface area contributed by atoms with E-state index < -0.39 is 0 Å². The van der Waals surface area contributed by atoms with Gasteiger partial charge in [0.25, 0.3) is 0 Å². The maximum absolute atomic E-state index is 12.3. The normalized spacial score (nSPS) is 18.3. The Morgan fingerprint density at radius 3 is 3.04 bits per heavy atom. The molecule has 5 nitrogen and oxygen atoms in total. The van der Waals surface area contributed by atoms with E-state index in [1.54, 1.807) is 6.20 Å². The number of fused-ring (bicyclic) bond motifs is 3. The van der Waals surface area contributed by atoms with Crippen molar-refractivity contribution in [1.29, 1.82) is 0 Å². The summed E-state index contributed by atoms with van der Waals surface area (Å²) in [5, 5.41) is 5.42. The van der Waals surface area contributed by atoms with Gasteiger partial charge in [0.15, 0.2) is 0 Å². The summed E-state index contributed by atoms with van der Waals surface area (Å²) in [6.45, 7) is 2.44. The van der Waals surface area contributed by atoms with Gasteiger partial charge in [-0.2, -0.15) is 0 Å². The number of hydrogen-bond donors (Lipinski definition) is 2. The Morgan fingerprint density at radius 1 is 1.26 bits per heavy atom. The highest BCUT2D eigenvalue weighted by atomic mass is 16.5. The van der Waals surface area contributed by atoms with E-state index >= 15 is 0 Å². The highest BCUT2D eigenvalue weighted by Gasteiger charge is 2.17. The van der Waals surface area contributed by atoms with E-state index in [9.17, 15) is 4.79 Å². The van der Waals surface area contributed by atoms with Crippen LogP contribution in [0.15, 0.2) is 36.5 Å². The molecule has 1 saturated heterocycles. The highest BCUT2D eigenvalue weighted by molar-refractivity contribution is 6.08. The van der Waals surface area contributed by atoms with E-state index in [-0.39, 0.29) is 5.97 Å². The molecule has 0 radical (unpaired) electrons. The van der Waals surface area contributed by atoms with E-state index in [1.165, 1.54) is 0 Å². The first-order valence-corrected chi connectivity index (χ1v) is 8.05. The van der Waals surface area contributed by atoms with Gasteiger partial charge in [-0.1, -0.05) is 18.2 Å². The number of pyridine rings is 1. The van der Waals surface area contributed by atoms with Crippen LogP contribution in [0.5, 0.6) is 0 Å². The first-order valence-electron chi connectivity index (χ1n) is 8.05. The Labute approximate surface area is 134 Å². The lowest BCUT2D eigenvalue weighted by Gasteiger charge is -2.22. The molecule has 1 aliphatic heterocycles. The molecule has 0 unspecified atom stereocenters. The summed E-state index contributed by atoms with van der Waals surface area (Å²) >= 11 is 0. The fraction of sp³-hybridized carbons (Fsp3) is 0.333. The first-order chi connectivity index (χ1) is 11.3. The second-order valence-corrected chi connectivity index (χ2v) is 6.10. The van der Waals surface area contributed by atoms with Crippen molar-refractivity contribution in [2.45, 2.75) is 12.8 Å². The number of ether oxygens (including phenoxy) is 1. The fourth-order valence-corrected chi connectivity index (χ4v) is 3.20. The van der Waals surface area contributed by atoms with E-state index in [1.807, 2.05) is 30.3 Å². The summed E-state index contributed by atoms with van der Waals surface area (Å²) in [5.74, 6) is 0.0623. The lowest BCUT2D eigenvalue weighted by atomic mass is 10.0. The average molecular weight is 309 g/mol. The molecule has 3 heterocycles. The lowest BCUT2D eigenvalue weighted by molar-refractivity contribution is 0.0414. The van der Waals surface area contributed by atoms with E-state index in [0.717, 1.165) is 47.7 Å². The number of rotatable bonds is 3.